The van der Waals surface area contributed by atoms with Crippen molar-refractivity contribution in [2.75, 3.05) is 12.3 Å². The predicted molar refractivity (Wildman–Crippen MR) is 68.6 cm³/mol. The number of carbonyl (C=O) groups is 2. The van der Waals surface area contributed by atoms with E-state index in [0.717, 1.165) is 18.4 Å². The second kappa shape index (κ2) is 5.08. The molecule has 1 aromatic rings. The molecule has 0 bridgehead atoms. The van der Waals surface area contributed by atoms with Gasteiger partial charge < -0.3 is 16.4 Å². The molecule has 0 fully saturated rings. The van der Waals surface area contributed by atoms with Crippen LogP contribution < -0.4 is 11.5 Å². The summed E-state index contributed by atoms with van der Waals surface area (Å²) in [5.41, 5.74) is 13.1. The second-order valence-corrected chi connectivity index (χ2v) is 4.57. The van der Waals surface area contributed by atoms with Crippen molar-refractivity contribution in [2.45, 2.75) is 25.8 Å². The van der Waals surface area contributed by atoms with Crippen LogP contribution in [-0.4, -0.2) is 23.3 Å². The van der Waals surface area contributed by atoms with Crippen LogP contribution in [0.4, 0.5) is 5.69 Å². The van der Waals surface area contributed by atoms with Gasteiger partial charge in [-0.2, -0.15) is 0 Å². The molecule has 4 N–H and O–H groups in total. The topological polar surface area (TPSA) is 89.4 Å². The van der Waals surface area contributed by atoms with Gasteiger partial charge in [0.25, 0.3) is 5.91 Å². The lowest BCUT2D eigenvalue weighted by atomic mass is 10.1. The Morgan fingerprint density at radius 1 is 1.33 bits per heavy atom. The largest absolute Gasteiger partial charge is 0.399 e. The molecule has 0 spiro atoms. The normalized spacial score (nSPS) is 13.8. The average Bonchev–Trinajstić information content (AvgIpc) is 2.62. The molecule has 0 saturated carbocycles. The highest BCUT2D eigenvalue weighted by Crippen LogP contribution is 2.24. The second-order valence-electron chi connectivity index (χ2n) is 4.57. The molecule has 1 aliphatic heterocycles. The summed E-state index contributed by atoms with van der Waals surface area (Å²) in [5, 5.41) is 0. The molecule has 1 heterocycles. The smallest absolute Gasteiger partial charge is 0.254 e. The Labute approximate surface area is 106 Å². The first kappa shape index (κ1) is 12.4. The standard InChI is InChI=1S/C13H17N3O2/c14-10-5-4-9-8-16(13(18)11(9)7-10)6-2-1-3-12(15)17/h4-5,7H,1-3,6,8,14H2,(H2,15,17). The molecule has 0 aromatic heterocycles. The number of nitrogen functional groups attached to an aromatic ring is 1. The Balaban J connectivity index is 1.91. The third kappa shape index (κ3) is 2.61. The van der Waals surface area contributed by atoms with Crippen molar-refractivity contribution in [1.82, 2.24) is 4.90 Å². The van der Waals surface area contributed by atoms with Crippen molar-refractivity contribution >= 4 is 17.5 Å². The summed E-state index contributed by atoms with van der Waals surface area (Å²) in [6.07, 6.45) is 1.89. The van der Waals surface area contributed by atoms with Crippen molar-refractivity contribution in [1.29, 1.82) is 0 Å². The maximum Gasteiger partial charge on any atom is 0.254 e. The minimum absolute atomic E-state index is 0.0244. The third-order valence-corrected chi connectivity index (χ3v) is 3.11. The predicted octanol–water partition coefficient (Wildman–Crippen LogP) is 0.880. The van der Waals surface area contributed by atoms with Crippen LogP contribution in [0.25, 0.3) is 0 Å². The van der Waals surface area contributed by atoms with Crippen LogP contribution in [0.5, 0.6) is 0 Å². The van der Waals surface area contributed by atoms with E-state index in [2.05, 4.69) is 0 Å². The molecule has 0 radical (unpaired) electrons. The molecule has 96 valence electrons. The summed E-state index contributed by atoms with van der Waals surface area (Å²) >= 11 is 0. The summed E-state index contributed by atoms with van der Waals surface area (Å²) < 4.78 is 0. The fraction of sp³-hybridized carbons (Fsp3) is 0.385. The summed E-state index contributed by atoms with van der Waals surface area (Å²) in [5.74, 6) is -0.268. The summed E-state index contributed by atoms with van der Waals surface area (Å²) in [7, 11) is 0. The number of hydrogen-bond donors (Lipinski definition) is 2. The SMILES string of the molecule is NC(=O)CCCCN1Cc2ccc(N)cc2C1=O. The number of carbonyl (C=O) groups excluding carboxylic acids is 2. The molecule has 1 aliphatic rings. The Morgan fingerprint density at radius 2 is 2.11 bits per heavy atom. The number of anilines is 1. The van der Waals surface area contributed by atoms with Gasteiger partial charge >= 0.3 is 0 Å². The van der Waals surface area contributed by atoms with E-state index >= 15 is 0 Å². The molecule has 0 aliphatic carbocycles. The molecule has 5 heteroatoms. The minimum atomic E-state index is -0.293. The third-order valence-electron chi connectivity index (χ3n) is 3.11. The molecule has 0 unspecified atom stereocenters. The van der Waals surface area contributed by atoms with Crippen LogP contribution >= 0.6 is 0 Å². The molecule has 1 aromatic carbocycles. The zero-order chi connectivity index (χ0) is 13.1. The number of nitrogens with two attached hydrogens (primary N) is 2. The Morgan fingerprint density at radius 3 is 2.83 bits per heavy atom. The van der Waals surface area contributed by atoms with Crippen LogP contribution in [0.2, 0.25) is 0 Å². The Kier molecular flexibility index (Phi) is 3.50. The molecular weight excluding hydrogens is 230 g/mol. The van der Waals surface area contributed by atoms with Gasteiger partial charge in [0.05, 0.1) is 0 Å². The van der Waals surface area contributed by atoms with E-state index in [9.17, 15) is 9.59 Å². The van der Waals surface area contributed by atoms with Gasteiger partial charge in [0, 0.05) is 30.8 Å². The van der Waals surface area contributed by atoms with Gasteiger partial charge in [-0.25, -0.2) is 0 Å². The minimum Gasteiger partial charge on any atom is -0.399 e. The van der Waals surface area contributed by atoms with Gasteiger partial charge in [-0.3, -0.25) is 9.59 Å². The van der Waals surface area contributed by atoms with Crippen LogP contribution in [-0.2, 0) is 11.3 Å². The van der Waals surface area contributed by atoms with Crippen LogP contribution in [0.3, 0.4) is 0 Å². The zero-order valence-electron chi connectivity index (χ0n) is 10.2. The number of benzene rings is 1. The van der Waals surface area contributed by atoms with Crippen molar-refractivity contribution in [3.8, 4) is 0 Å². The lowest BCUT2D eigenvalue weighted by Gasteiger charge is -2.14. The maximum atomic E-state index is 12.1. The number of nitrogens with zero attached hydrogens (tertiary/aromatic N) is 1. The van der Waals surface area contributed by atoms with Crippen molar-refractivity contribution in [3.05, 3.63) is 29.3 Å². The fourth-order valence-electron chi connectivity index (χ4n) is 2.16. The van der Waals surface area contributed by atoms with E-state index in [1.807, 2.05) is 12.1 Å². The van der Waals surface area contributed by atoms with Crippen molar-refractivity contribution in [2.24, 2.45) is 5.73 Å². The van der Waals surface area contributed by atoms with Gasteiger partial charge in [-0.15, -0.1) is 0 Å². The highest BCUT2D eigenvalue weighted by molar-refractivity contribution is 5.99. The first-order chi connectivity index (χ1) is 8.58. The van der Waals surface area contributed by atoms with Gasteiger partial charge in [0.2, 0.25) is 5.91 Å². The lowest BCUT2D eigenvalue weighted by Crippen LogP contribution is -2.25. The molecule has 18 heavy (non-hydrogen) atoms. The number of unbranched alkanes of at least 4 members (excludes halogenated alkanes) is 1. The van der Waals surface area contributed by atoms with E-state index in [4.69, 9.17) is 11.5 Å². The highest BCUT2D eigenvalue weighted by Gasteiger charge is 2.26. The number of hydrogen-bond acceptors (Lipinski definition) is 3. The quantitative estimate of drug-likeness (QED) is 0.598. The number of amides is 2. The first-order valence-corrected chi connectivity index (χ1v) is 6.04. The highest BCUT2D eigenvalue weighted by atomic mass is 16.2. The van der Waals surface area contributed by atoms with Gasteiger partial charge in [-0.1, -0.05) is 6.07 Å². The van der Waals surface area contributed by atoms with Gasteiger partial charge in [0.1, 0.15) is 0 Å². The number of primary amides is 1. The van der Waals surface area contributed by atoms with E-state index in [1.54, 1.807) is 11.0 Å². The maximum absolute atomic E-state index is 12.1. The molecule has 2 amide bonds. The van der Waals surface area contributed by atoms with E-state index < -0.39 is 0 Å². The molecule has 0 saturated heterocycles. The van der Waals surface area contributed by atoms with Crippen molar-refractivity contribution < 1.29 is 9.59 Å². The molecule has 5 nitrogen and oxygen atoms in total. The van der Waals surface area contributed by atoms with Crippen LogP contribution in [0.15, 0.2) is 18.2 Å². The van der Waals surface area contributed by atoms with Crippen LogP contribution in [0, 0.1) is 0 Å². The zero-order valence-corrected chi connectivity index (χ0v) is 10.2. The van der Waals surface area contributed by atoms with Gasteiger partial charge in [-0.05, 0) is 30.5 Å². The summed E-state index contributed by atoms with van der Waals surface area (Å²) in [6, 6.07) is 5.43. The Hall–Kier alpha value is -2.04. The lowest BCUT2D eigenvalue weighted by molar-refractivity contribution is -0.118. The first-order valence-electron chi connectivity index (χ1n) is 6.04. The molecule has 2 rings (SSSR count). The number of fused-ring (bicyclic) bond motifs is 1. The molecular formula is C13H17N3O2. The monoisotopic (exact) mass is 247 g/mol. The number of rotatable bonds is 5. The average molecular weight is 247 g/mol. The summed E-state index contributed by atoms with van der Waals surface area (Å²) in [4.78, 5) is 24.4. The van der Waals surface area contributed by atoms with Gasteiger partial charge in [0.15, 0.2) is 0 Å². The van der Waals surface area contributed by atoms with Crippen LogP contribution in [0.1, 0.15) is 35.2 Å². The van der Waals surface area contributed by atoms with E-state index in [0.29, 0.717) is 30.8 Å². The van der Waals surface area contributed by atoms with E-state index in [-0.39, 0.29) is 11.8 Å². The molecule has 0 atom stereocenters. The van der Waals surface area contributed by atoms with E-state index in [1.165, 1.54) is 0 Å². The summed E-state index contributed by atoms with van der Waals surface area (Å²) in [6.45, 7) is 1.28. The van der Waals surface area contributed by atoms with Crippen molar-refractivity contribution in [3.63, 3.8) is 0 Å². The Bertz CT molecular complexity index is 485. The fourth-order valence-corrected chi connectivity index (χ4v) is 2.16.